The first-order chi connectivity index (χ1) is 6.29. The van der Waals surface area contributed by atoms with Crippen molar-refractivity contribution in [2.75, 3.05) is 13.4 Å². The van der Waals surface area contributed by atoms with Crippen LogP contribution in [0.2, 0.25) is 0 Å². The van der Waals surface area contributed by atoms with E-state index < -0.39 is 0 Å². The molecule has 2 nitrogen and oxygen atoms in total. The van der Waals surface area contributed by atoms with Crippen LogP contribution in [0.15, 0.2) is 29.2 Å². The van der Waals surface area contributed by atoms with Crippen LogP contribution in [-0.4, -0.2) is 19.3 Å². The van der Waals surface area contributed by atoms with Crippen molar-refractivity contribution >= 4 is 27.6 Å². The molecular weight excluding hydrogens is 204 g/mol. The van der Waals surface area contributed by atoms with Crippen molar-refractivity contribution in [3.63, 3.8) is 0 Å². The molecule has 0 aromatic heterocycles. The van der Waals surface area contributed by atoms with Crippen molar-refractivity contribution in [1.82, 2.24) is 0 Å². The van der Waals surface area contributed by atoms with E-state index in [-0.39, 0.29) is 5.97 Å². The largest absolute Gasteiger partial charge is 0.465 e. The number of methoxy groups -OCH3 is 1. The monoisotopic (exact) mass is 214 g/mol. The zero-order valence-corrected chi connectivity index (χ0v) is 9.08. The molecule has 0 heterocycles. The molecule has 0 radical (unpaired) electrons. The molecule has 0 amide bonds. The van der Waals surface area contributed by atoms with E-state index in [0.717, 1.165) is 4.90 Å². The second-order valence-electron chi connectivity index (χ2n) is 2.24. The first kappa shape index (κ1) is 10.5. The summed E-state index contributed by atoms with van der Waals surface area (Å²) in [4.78, 5) is 12.2. The Morgan fingerprint density at radius 2 is 2.08 bits per heavy atom. The van der Waals surface area contributed by atoms with Crippen LogP contribution in [0.25, 0.3) is 0 Å². The zero-order chi connectivity index (χ0) is 9.68. The molecule has 0 atom stereocenters. The number of hydrogen-bond donors (Lipinski definition) is 0. The second kappa shape index (κ2) is 5.19. The van der Waals surface area contributed by atoms with Crippen LogP contribution in [0.5, 0.6) is 0 Å². The summed E-state index contributed by atoms with van der Waals surface area (Å²) in [5.74, 6) is -0.280. The smallest absolute Gasteiger partial charge is 0.339 e. The molecule has 70 valence electrons. The van der Waals surface area contributed by atoms with Gasteiger partial charge >= 0.3 is 5.97 Å². The summed E-state index contributed by atoms with van der Waals surface area (Å²) in [7, 11) is 4.56. The fourth-order valence-electron chi connectivity index (χ4n) is 0.908. The highest BCUT2D eigenvalue weighted by molar-refractivity contribution is 8.76. The standard InChI is InChI=1S/C9H10O2S2/c1-11-9(10)7-5-3-4-6-8(7)13-12-2/h3-6H,1-2H3. The van der Waals surface area contributed by atoms with E-state index in [2.05, 4.69) is 4.74 Å². The summed E-state index contributed by atoms with van der Waals surface area (Å²) >= 11 is 0. The first-order valence-corrected chi connectivity index (χ1v) is 6.23. The lowest BCUT2D eigenvalue weighted by molar-refractivity contribution is 0.0597. The van der Waals surface area contributed by atoms with E-state index >= 15 is 0 Å². The van der Waals surface area contributed by atoms with E-state index in [0.29, 0.717) is 5.56 Å². The molecule has 13 heavy (non-hydrogen) atoms. The third-order valence-electron chi connectivity index (χ3n) is 1.47. The maximum atomic E-state index is 11.3. The SMILES string of the molecule is COC(=O)c1ccccc1SSC. The molecule has 1 aromatic rings. The topological polar surface area (TPSA) is 26.3 Å². The van der Waals surface area contributed by atoms with E-state index in [9.17, 15) is 4.79 Å². The van der Waals surface area contributed by atoms with Gasteiger partial charge in [0.2, 0.25) is 0 Å². The molecule has 0 aliphatic heterocycles. The quantitative estimate of drug-likeness (QED) is 0.571. The van der Waals surface area contributed by atoms with Crippen molar-refractivity contribution in [3.05, 3.63) is 29.8 Å². The number of rotatable bonds is 3. The maximum Gasteiger partial charge on any atom is 0.339 e. The Morgan fingerprint density at radius 1 is 1.38 bits per heavy atom. The predicted octanol–water partition coefficient (Wildman–Crippen LogP) is 2.84. The summed E-state index contributed by atoms with van der Waals surface area (Å²) in [6.45, 7) is 0. The Labute approximate surface area is 85.4 Å². The Bertz CT molecular complexity index is 299. The van der Waals surface area contributed by atoms with Gasteiger partial charge in [0.25, 0.3) is 0 Å². The van der Waals surface area contributed by atoms with E-state index in [1.165, 1.54) is 7.11 Å². The van der Waals surface area contributed by atoms with Gasteiger partial charge < -0.3 is 4.74 Å². The Kier molecular flexibility index (Phi) is 4.18. The number of carbonyl (C=O) groups excluding carboxylic acids is 1. The van der Waals surface area contributed by atoms with Gasteiger partial charge in [-0.25, -0.2) is 4.79 Å². The van der Waals surface area contributed by atoms with Gasteiger partial charge in [-0.1, -0.05) is 33.7 Å². The summed E-state index contributed by atoms with van der Waals surface area (Å²) in [6, 6.07) is 7.42. The molecule has 0 unspecified atom stereocenters. The fourth-order valence-corrected chi connectivity index (χ4v) is 2.44. The average Bonchev–Trinajstić information content (AvgIpc) is 2.18. The highest BCUT2D eigenvalue weighted by Gasteiger charge is 2.10. The van der Waals surface area contributed by atoms with Gasteiger partial charge in [-0.05, 0) is 18.4 Å². The number of esters is 1. The molecule has 0 saturated carbocycles. The third kappa shape index (κ3) is 2.67. The second-order valence-corrected chi connectivity index (χ2v) is 4.68. The van der Waals surface area contributed by atoms with Crippen molar-refractivity contribution in [1.29, 1.82) is 0 Å². The van der Waals surface area contributed by atoms with Gasteiger partial charge in [-0.2, -0.15) is 0 Å². The van der Waals surface area contributed by atoms with E-state index in [1.807, 2.05) is 24.5 Å². The van der Waals surface area contributed by atoms with Gasteiger partial charge in [0.1, 0.15) is 0 Å². The lowest BCUT2D eigenvalue weighted by atomic mass is 10.2. The molecule has 0 aliphatic rings. The Hall–Kier alpha value is -0.610. The van der Waals surface area contributed by atoms with Crippen LogP contribution in [0.4, 0.5) is 0 Å². The lowest BCUT2D eigenvalue weighted by Crippen LogP contribution is -2.02. The molecular formula is C9H10O2S2. The molecule has 0 saturated heterocycles. The van der Waals surface area contributed by atoms with Gasteiger partial charge in [0.15, 0.2) is 0 Å². The summed E-state index contributed by atoms with van der Waals surface area (Å²) in [5.41, 5.74) is 0.629. The van der Waals surface area contributed by atoms with Crippen LogP contribution in [0, 0.1) is 0 Å². The summed E-state index contributed by atoms with van der Waals surface area (Å²) in [6.07, 6.45) is 1.97. The molecule has 1 aromatic carbocycles. The average molecular weight is 214 g/mol. The molecule has 0 aliphatic carbocycles. The highest BCUT2D eigenvalue weighted by atomic mass is 33.1. The number of ether oxygens (including phenoxy) is 1. The van der Waals surface area contributed by atoms with Crippen LogP contribution >= 0.6 is 21.6 Å². The van der Waals surface area contributed by atoms with Crippen LogP contribution < -0.4 is 0 Å². The summed E-state index contributed by atoms with van der Waals surface area (Å²) in [5, 5.41) is 0. The highest BCUT2D eigenvalue weighted by Crippen LogP contribution is 2.31. The number of benzene rings is 1. The zero-order valence-electron chi connectivity index (χ0n) is 7.44. The maximum absolute atomic E-state index is 11.3. The fraction of sp³-hybridized carbons (Fsp3) is 0.222. The number of hydrogen-bond acceptors (Lipinski definition) is 4. The van der Waals surface area contributed by atoms with Crippen molar-refractivity contribution in [3.8, 4) is 0 Å². The molecule has 0 spiro atoms. The lowest BCUT2D eigenvalue weighted by Gasteiger charge is -2.04. The van der Waals surface area contributed by atoms with Crippen molar-refractivity contribution in [2.45, 2.75) is 4.90 Å². The molecule has 0 fully saturated rings. The number of carbonyl (C=O) groups is 1. The van der Waals surface area contributed by atoms with Gasteiger partial charge in [0.05, 0.1) is 12.7 Å². The first-order valence-electron chi connectivity index (χ1n) is 3.67. The molecule has 4 heteroatoms. The van der Waals surface area contributed by atoms with E-state index in [4.69, 9.17) is 0 Å². The minimum Gasteiger partial charge on any atom is -0.465 e. The van der Waals surface area contributed by atoms with Crippen molar-refractivity contribution < 1.29 is 9.53 Å². The summed E-state index contributed by atoms with van der Waals surface area (Å²) < 4.78 is 4.66. The predicted molar refractivity (Wildman–Crippen MR) is 57.2 cm³/mol. The minimum absolute atomic E-state index is 0.280. The van der Waals surface area contributed by atoms with E-state index in [1.54, 1.807) is 27.7 Å². The Morgan fingerprint density at radius 3 is 2.69 bits per heavy atom. The van der Waals surface area contributed by atoms with Gasteiger partial charge in [0, 0.05) is 4.90 Å². The van der Waals surface area contributed by atoms with Crippen LogP contribution in [0.3, 0.4) is 0 Å². The molecule has 0 N–H and O–H groups in total. The minimum atomic E-state index is -0.280. The van der Waals surface area contributed by atoms with Crippen LogP contribution in [0.1, 0.15) is 10.4 Å². The molecule has 1 rings (SSSR count). The normalized spacial score (nSPS) is 9.69. The van der Waals surface area contributed by atoms with Crippen molar-refractivity contribution in [2.24, 2.45) is 0 Å². The Balaban J connectivity index is 2.97. The van der Waals surface area contributed by atoms with Gasteiger partial charge in [-0.15, -0.1) is 0 Å². The van der Waals surface area contributed by atoms with Gasteiger partial charge in [-0.3, -0.25) is 0 Å². The molecule has 0 bridgehead atoms. The van der Waals surface area contributed by atoms with Crippen LogP contribution in [-0.2, 0) is 4.74 Å². The third-order valence-corrected chi connectivity index (χ3v) is 3.21.